The summed E-state index contributed by atoms with van der Waals surface area (Å²) in [6.07, 6.45) is -1.03. The zero-order valence-electron chi connectivity index (χ0n) is 17.5. The van der Waals surface area contributed by atoms with Crippen molar-refractivity contribution in [1.29, 1.82) is 0 Å². The first kappa shape index (κ1) is 25.6. The molecule has 0 radical (unpaired) electrons. The molecule has 0 heterocycles. The van der Waals surface area contributed by atoms with Gasteiger partial charge in [0.05, 0.1) is 0 Å². The fourth-order valence-electron chi connectivity index (χ4n) is 2.09. The van der Waals surface area contributed by atoms with E-state index in [0.29, 0.717) is 24.3 Å². The molecular formula is C18H33N3O7. The normalized spacial score (nSPS) is 12.7. The van der Waals surface area contributed by atoms with Gasteiger partial charge in [0.2, 0.25) is 5.91 Å². The van der Waals surface area contributed by atoms with Crippen molar-refractivity contribution in [3.63, 3.8) is 0 Å². The number of hydrogen-bond donors (Lipinski definition) is 3. The third-order valence-electron chi connectivity index (χ3n) is 3.14. The van der Waals surface area contributed by atoms with Gasteiger partial charge in [0.25, 0.3) is 0 Å². The van der Waals surface area contributed by atoms with Gasteiger partial charge in [-0.15, -0.1) is 0 Å². The second-order valence-corrected chi connectivity index (χ2v) is 8.24. The summed E-state index contributed by atoms with van der Waals surface area (Å²) in [5.74, 6) is -2.05. The van der Waals surface area contributed by atoms with Crippen molar-refractivity contribution in [1.82, 2.24) is 10.2 Å². The molecule has 0 aliphatic rings. The van der Waals surface area contributed by atoms with Crippen LogP contribution in [0, 0.1) is 0 Å². The predicted molar refractivity (Wildman–Crippen MR) is 102 cm³/mol. The van der Waals surface area contributed by atoms with Crippen molar-refractivity contribution < 1.29 is 33.8 Å². The quantitative estimate of drug-likeness (QED) is 0.520. The van der Waals surface area contributed by atoms with Gasteiger partial charge in [-0.1, -0.05) is 0 Å². The number of carbonyl (C=O) groups is 4. The molecule has 28 heavy (non-hydrogen) atoms. The smallest absolute Gasteiger partial charge is 0.420 e. The summed E-state index contributed by atoms with van der Waals surface area (Å²) in [5, 5.41) is 11.0. The minimum Gasteiger partial charge on any atom is -0.480 e. The highest BCUT2D eigenvalue weighted by atomic mass is 16.6. The monoisotopic (exact) mass is 403 g/mol. The summed E-state index contributed by atoms with van der Waals surface area (Å²) in [6, 6.07) is -1.30. The van der Waals surface area contributed by atoms with Crippen molar-refractivity contribution in [3.05, 3.63) is 0 Å². The van der Waals surface area contributed by atoms with Gasteiger partial charge in [0.15, 0.2) is 0 Å². The lowest BCUT2D eigenvalue weighted by Crippen LogP contribution is -2.55. The molecule has 0 rings (SSSR count). The first-order valence-corrected chi connectivity index (χ1v) is 9.12. The molecule has 1 atom stereocenters. The number of amides is 3. The Morgan fingerprint density at radius 2 is 1.43 bits per heavy atom. The van der Waals surface area contributed by atoms with Crippen LogP contribution < -0.4 is 11.1 Å². The molecule has 0 saturated heterocycles. The molecule has 10 nitrogen and oxygen atoms in total. The van der Waals surface area contributed by atoms with E-state index in [1.54, 1.807) is 41.5 Å². The number of hydrogen-bond acceptors (Lipinski definition) is 7. The Balaban J connectivity index is 5.81. The van der Waals surface area contributed by atoms with Crippen molar-refractivity contribution in [2.45, 2.75) is 78.0 Å². The summed E-state index contributed by atoms with van der Waals surface area (Å²) >= 11 is 0. The van der Waals surface area contributed by atoms with Crippen LogP contribution in [-0.2, 0) is 19.1 Å². The molecule has 0 aliphatic carbocycles. The number of aliphatic carboxylic acids is 1. The molecule has 0 aromatic rings. The van der Waals surface area contributed by atoms with Crippen LogP contribution in [0.2, 0.25) is 0 Å². The zero-order valence-corrected chi connectivity index (χ0v) is 17.5. The predicted octanol–water partition coefficient (Wildman–Crippen LogP) is 1.86. The lowest BCUT2D eigenvalue weighted by molar-refractivity contribution is -0.138. The fourth-order valence-corrected chi connectivity index (χ4v) is 2.09. The van der Waals surface area contributed by atoms with Crippen LogP contribution in [-0.4, -0.2) is 64.4 Å². The lowest BCUT2D eigenvalue weighted by Gasteiger charge is -2.32. The number of nitrogens with two attached hydrogens (primary N) is 1. The van der Waals surface area contributed by atoms with Crippen molar-refractivity contribution in [2.75, 3.05) is 13.1 Å². The highest BCUT2D eigenvalue weighted by Gasteiger charge is 2.40. The van der Waals surface area contributed by atoms with E-state index >= 15 is 0 Å². The lowest BCUT2D eigenvalue weighted by atomic mass is 10.1. The highest BCUT2D eigenvalue weighted by molar-refractivity contribution is 5.96. The Bertz CT molecular complexity index is 537. The SMILES string of the molecule is CC(C)(C)OC(=O)N(C(=O)OC(C)(C)C)[C@@H](CCCCN)C(=O)NCC(=O)O. The number of carbonyl (C=O) groups excluding carboxylic acids is 3. The molecule has 162 valence electrons. The maximum atomic E-state index is 12.7. The largest absolute Gasteiger partial charge is 0.480 e. The Morgan fingerprint density at radius 1 is 0.964 bits per heavy atom. The van der Waals surface area contributed by atoms with Crippen molar-refractivity contribution in [3.8, 4) is 0 Å². The minimum absolute atomic E-state index is 0.0845. The van der Waals surface area contributed by atoms with Crippen molar-refractivity contribution >= 4 is 24.1 Å². The zero-order chi connectivity index (χ0) is 22.1. The van der Waals surface area contributed by atoms with Gasteiger partial charge >= 0.3 is 18.2 Å². The molecule has 0 saturated carbocycles. The van der Waals surface area contributed by atoms with Gasteiger partial charge < -0.3 is 25.6 Å². The van der Waals surface area contributed by atoms with Gasteiger partial charge in [-0.3, -0.25) is 9.59 Å². The Kier molecular flexibility index (Phi) is 9.93. The third-order valence-corrected chi connectivity index (χ3v) is 3.14. The number of carboxylic acid groups (broad SMARTS) is 1. The number of carboxylic acids is 1. The fraction of sp³-hybridized carbons (Fsp3) is 0.778. The van der Waals surface area contributed by atoms with E-state index in [-0.39, 0.29) is 6.42 Å². The molecular weight excluding hydrogens is 370 g/mol. The average Bonchev–Trinajstić information content (AvgIpc) is 2.48. The van der Waals surface area contributed by atoms with Gasteiger partial charge in [0, 0.05) is 0 Å². The molecule has 0 bridgehead atoms. The molecule has 0 fully saturated rings. The maximum absolute atomic E-state index is 12.7. The molecule has 3 amide bonds. The summed E-state index contributed by atoms with van der Waals surface area (Å²) in [5.41, 5.74) is 3.64. The number of unbranched alkanes of at least 4 members (excludes halogenated alkanes) is 1. The van der Waals surface area contributed by atoms with E-state index < -0.39 is 47.9 Å². The average molecular weight is 403 g/mol. The molecule has 0 unspecified atom stereocenters. The van der Waals surface area contributed by atoms with Crippen LogP contribution in [0.5, 0.6) is 0 Å². The van der Waals surface area contributed by atoms with E-state index in [2.05, 4.69) is 5.32 Å². The number of nitrogens with zero attached hydrogens (tertiary/aromatic N) is 1. The summed E-state index contributed by atoms with van der Waals surface area (Å²) in [7, 11) is 0. The van der Waals surface area contributed by atoms with Crippen LogP contribution >= 0.6 is 0 Å². The number of ether oxygens (including phenoxy) is 2. The first-order chi connectivity index (χ1) is 12.7. The number of imide groups is 1. The molecule has 10 heteroatoms. The summed E-state index contributed by atoms with van der Waals surface area (Å²) < 4.78 is 10.5. The van der Waals surface area contributed by atoms with E-state index in [1.807, 2.05) is 0 Å². The molecule has 0 aliphatic heterocycles. The third kappa shape index (κ3) is 10.7. The second kappa shape index (κ2) is 10.8. The van der Waals surface area contributed by atoms with Crippen LogP contribution in [0.4, 0.5) is 9.59 Å². The molecule has 0 aromatic carbocycles. The first-order valence-electron chi connectivity index (χ1n) is 9.12. The maximum Gasteiger partial charge on any atom is 0.420 e. The molecule has 0 spiro atoms. The Hall–Kier alpha value is -2.36. The summed E-state index contributed by atoms with van der Waals surface area (Å²) in [4.78, 5) is 49.3. The number of nitrogens with one attached hydrogen (secondary N) is 1. The van der Waals surface area contributed by atoms with Gasteiger partial charge in [-0.25, -0.2) is 9.59 Å². The molecule has 0 aromatic heterocycles. The van der Waals surface area contributed by atoms with Crippen LogP contribution in [0.15, 0.2) is 0 Å². The van der Waals surface area contributed by atoms with Gasteiger partial charge in [0.1, 0.15) is 23.8 Å². The molecule has 4 N–H and O–H groups in total. The van der Waals surface area contributed by atoms with E-state index in [9.17, 15) is 19.2 Å². The van der Waals surface area contributed by atoms with E-state index in [1.165, 1.54) is 0 Å². The van der Waals surface area contributed by atoms with Crippen LogP contribution in [0.25, 0.3) is 0 Å². The van der Waals surface area contributed by atoms with E-state index in [4.69, 9.17) is 20.3 Å². The Labute approximate surface area is 165 Å². The van der Waals surface area contributed by atoms with Gasteiger partial charge in [-0.05, 0) is 67.3 Å². The number of rotatable bonds is 8. The van der Waals surface area contributed by atoms with Crippen LogP contribution in [0.3, 0.4) is 0 Å². The topological polar surface area (TPSA) is 148 Å². The standard InChI is InChI=1S/C18H33N3O7/c1-17(2,3)27-15(25)21(16(26)28-18(4,5)6)12(9-7-8-10-19)14(24)20-11-13(22)23/h12H,7-11,19H2,1-6H3,(H,20,24)(H,22,23)/t12-/m0/s1. The van der Waals surface area contributed by atoms with E-state index in [0.717, 1.165) is 0 Å². The second-order valence-electron chi connectivity index (χ2n) is 8.24. The van der Waals surface area contributed by atoms with Gasteiger partial charge in [-0.2, -0.15) is 4.90 Å². The minimum atomic E-state index is -1.30. The van der Waals surface area contributed by atoms with Crippen molar-refractivity contribution in [2.24, 2.45) is 5.73 Å². The highest BCUT2D eigenvalue weighted by Crippen LogP contribution is 2.19. The Morgan fingerprint density at radius 3 is 1.79 bits per heavy atom. The van der Waals surface area contributed by atoms with Crippen LogP contribution in [0.1, 0.15) is 60.8 Å². The summed E-state index contributed by atoms with van der Waals surface area (Å²) in [6.45, 7) is 9.42.